The Morgan fingerprint density at radius 3 is 2.46 bits per heavy atom. The first-order chi connectivity index (χ1) is 12.0. The number of hydrogen-bond donors (Lipinski definition) is 0. The summed E-state index contributed by atoms with van der Waals surface area (Å²) in [7, 11) is -1.18. The van der Waals surface area contributed by atoms with Crippen LogP contribution in [0.2, 0.25) is 25.7 Å². The lowest BCUT2D eigenvalue weighted by molar-refractivity contribution is -0.183. The molecule has 0 radical (unpaired) electrons. The number of imidazole rings is 1. The molecule has 1 aliphatic rings. The standard InChI is InChI=1S/C17H26F3IN2O2Si/c1-26(2,3)9-8-25-11-23-10-14(21)22-16(23)15(24)12-4-6-13(7-5-12)17(18,19)20/h10,12-13H,4-9,11H2,1-3H3/t12-,13-. The molecule has 0 saturated heterocycles. The normalized spacial score (nSPS) is 21.8. The quantitative estimate of drug-likeness (QED) is 0.219. The van der Waals surface area contributed by atoms with Gasteiger partial charge in [-0.05, 0) is 54.3 Å². The minimum atomic E-state index is -4.16. The van der Waals surface area contributed by atoms with Crippen LogP contribution >= 0.6 is 22.6 Å². The molecule has 1 fully saturated rings. The van der Waals surface area contributed by atoms with E-state index in [0.717, 1.165) is 6.04 Å². The average Bonchev–Trinajstić information content (AvgIpc) is 2.90. The predicted octanol–water partition coefficient (Wildman–Crippen LogP) is 5.35. The van der Waals surface area contributed by atoms with Crippen molar-refractivity contribution in [3.8, 4) is 0 Å². The van der Waals surface area contributed by atoms with Crippen molar-refractivity contribution in [2.75, 3.05) is 6.61 Å². The van der Waals surface area contributed by atoms with E-state index < -0.39 is 20.2 Å². The lowest BCUT2D eigenvalue weighted by Gasteiger charge is -2.28. The number of carbonyl (C=O) groups is 1. The molecule has 1 aromatic rings. The summed E-state index contributed by atoms with van der Waals surface area (Å²) in [4.78, 5) is 17.1. The highest BCUT2D eigenvalue weighted by molar-refractivity contribution is 14.1. The molecule has 1 heterocycles. The first kappa shape index (κ1) is 21.9. The van der Waals surface area contributed by atoms with Gasteiger partial charge in [-0.25, -0.2) is 4.98 Å². The van der Waals surface area contributed by atoms with Crippen LogP contribution in [0.5, 0.6) is 0 Å². The van der Waals surface area contributed by atoms with Crippen molar-refractivity contribution in [3.63, 3.8) is 0 Å². The highest BCUT2D eigenvalue weighted by atomic mass is 127. The van der Waals surface area contributed by atoms with Crippen LogP contribution in [0, 0.1) is 15.5 Å². The van der Waals surface area contributed by atoms with E-state index in [0.29, 0.717) is 16.1 Å². The molecule has 0 amide bonds. The topological polar surface area (TPSA) is 44.1 Å². The number of carbonyl (C=O) groups excluding carboxylic acids is 1. The number of ether oxygens (including phenoxy) is 1. The molecule has 2 rings (SSSR count). The van der Waals surface area contributed by atoms with Crippen LogP contribution < -0.4 is 0 Å². The van der Waals surface area contributed by atoms with Crippen molar-refractivity contribution in [1.29, 1.82) is 0 Å². The lowest BCUT2D eigenvalue weighted by Crippen LogP contribution is -2.31. The maximum atomic E-state index is 12.8. The van der Waals surface area contributed by atoms with Crippen LogP contribution in [0.3, 0.4) is 0 Å². The van der Waals surface area contributed by atoms with Gasteiger partial charge >= 0.3 is 6.18 Å². The van der Waals surface area contributed by atoms with Gasteiger partial charge in [-0.2, -0.15) is 13.2 Å². The van der Waals surface area contributed by atoms with Crippen molar-refractivity contribution in [2.45, 2.75) is 64.3 Å². The van der Waals surface area contributed by atoms with Gasteiger partial charge in [0.1, 0.15) is 10.4 Å². The maximum Gasteiger partial charge on any atom is 0.391 e. The fraction of sp³-hybridized carbons (Fsp3) is 0.765. The molecular weight excluding hydrogens is 476 g/mol. The Bertz CT molecular complexity index is 621. The molecule has 0 aliphatic heterocycles. The number of aromatic nitrogens is 2. The fourth-order valence-corrected chi connectivity index (χ4v) is 4.41. The van der Waals surface area contributed by atoms with Gasteiger partial charge in [0.15, 0.2) is 5.82 Å². The molecule has 1 saturated carbocycles. The minimum absolute atomic E-state index is 0.0183. The lowest BCUT2D eigenvalue weighted by atomic mass is 9.79. The molecule has 26 heavy (non-hydrogen) atoms. The van der Waals surface area contributed by atoms with Crippen LogP contribution in [0.25, 0.3) is 0 Å². The number of nitrogens with zero attached hydrogens (tertiary/aromatic N) is 2. The maximum absolute atomic E-state index is 12.8. The first-order valence-electron chi connectivity index (χ1n) is 8.89. The number of alkyl halides is 3. The minimum Gasteiger partial charge on any atom is -0.361 e. The second-order valence-electron chi connectivity index (χ2n) is 8.16. The molecule has 9 heteroatoms. The molecule has 4 nitrogen and oxygen atoms in total. The zero-order valence-corrected chi connectivity index (χ0v) is 18.6. The Labute approximate surface area is 167 Å². The van der Waals surface area contributed by atoms with Crippen molar-refractivity contribution in [1.82, 2.24) is 9.55 Å². The summed E-state index contributed by atoms with van der Waals surface area (Å²) in [6, 6.07) is 1.03. The van der Waals surface area contributed by atoms with Gasteiger partial charge in [0.25, 0.3) is 0 Å². The number of Topliss-reactive ketones (excluding diaryl/α,β-unsaturated/α-hetero) is 1. The summed E-state index contributed by atoms with van der Waals surface area (Å²) < 4.78 is 46.5. The third-order valence-electron chi connectivity index (χ3n) is 4.76. The molecule has 0 aromatic carbocycles. The van der Waals surface area contributed by atoms with Gasteiger partial charge in [0, 0.05) is 26.8 Å². The largest absolute Gasteiger partial charge is 0.391 e. The molecule has 0 bridgehead atoms. The van der Waals surface area contributed by atoms with Gasteiger partial charge in [0.05, 0.1) is 5.92 Å². The third kappa shape index (κ3) is 6.33. The second-order valence-corrected chi connectivity index (χ2v) is 14.9. The van der Waals surface area contributed by atoms with Gasteiger partial charge in [0.2, 0.25) is 5.78 Å². The Hall–Kier alpha value is -0.423. The highest BCUT2D eigenvalue weighted by Crippen LogP contribution is 2.40. The summed E-state index contributed by atoms with van der Waals surface area (Å²) in [5.41, 5.74) is 0. The Morgan fingerprint density at radius 1 is 1.31 bits per heavy atom. The van der Waals surface area contributed by atoms with Crippen LogP contribution in [-0.4, -0.2) is 36.2 Å². The van der Waals surface area contributed by atoms with E-state index in [1.807, 2.05) is 22.6 Å². The predicted molar refractivity (Wildman–Crippen MR) is 105 cm³/mol. The van der Waals surface area contributed by atoms with Gasteiger partial charge in [-0.15, -0.1) is 0 Å². The second kappa shape index (κ2) is 8.72. The highest BCUT2D eigenvalue weighted by Gasteiger charge is 2.43. The zero-order valence-electron chi connectivity index (χ0n) is 15.4. The zero-order chi connectivity index (χ0) is 19.5. The Kier molecular flexibility index (Phi) is 7.34. The summed E-state index contributed by atoms with van der Waals surface area (Å²) in [6.45, 7) is 7.68. The van der Waals surface area contributed by atoms with E-state index >= 15 is 0 Å². The van der Waals surface area contributed by atoms with Crippen LogP contribution in [0.4, 0.5) is 13.2 Å². The molecule has 1 aliphatic carbocycles. The van der Waals surface area contributed by atoms with E-state index in [9.17, 15) is 18.0 Å². The summed E-state index contributed by atoms with van der Waals surface area (Å²) in [6.07, 6.45) is -1.84. The fourth-order valence-electron chi connectivity index (χ4n) is 3.09. The molecule has 0 N–H and O–H groups in total. The van der Waals surface area contributed by atoms with Crippen molar-refractivity contribution in [3.05, 3.63) is 15.7 Å². The summed E-state index contributed by atoms with van der Waals surface area (Å²) in [5, 5.41) is 0. The van der Waals surface area contributed by atoms with Crippen molar-refractivity contribution in [2.24, 2.45) is 11.8 Å². The van der Waals surface area contributed by atoms with E-state index in [4.69, 9.17) is 4.74 Å². The molecule has 0 atom stereocenters. The number of ketones is 1. The number of halogens is 4. The van der Waals surface area contributed by atoms with E-state index in [2.05, 4.69) is 24.6 Å². The van der Waals surface area contributed by atoms with E-state index in [-0.39, 0.29) is 44.1 Å². The average molecular weight is 502 g/mol. The molecule has 0 unspecified atom stereocenters. The Morgan fingerprint density at radius 2 is 1.92 bits per heavy atom. The van der Waals surface area contributed by atoms with Gasteiger partial charge in [-0.1, -0.05) is 19.6 Å². The van der Waals surface area contributed by atoms with E-state index in [1.165, 1.54) is 0 Å². The monoisotopic (exact) mass is 502 g/mol. The first-order valence-corrected chi connectivity index (χ1v) is 13.7. The van der Waals surface area contributed by atoms with Crippen LogP contribution in [-0.2, 0) is 11.5 Å². The summed E-state index contributed by atoms with van der Waals surface area (Å²) >= 11 is 2.04. The smallest absolute Gasteiger partial charge is 0.361 e. The van der Waals surface area contributed by atoms with Crippen LogP contribution in [0.1, 0.15) is 36.3 Å². The van der Waals surface area contributed by atoms with Crippen molar-refractivity contribution < 1.29 is 22.7 Å². The molecule has 0 spiro atoms. The van der Waals surface area contributed by atoms with E-state index in [1.54, 1.807) is 10.8 Å². The number of hydrogen-bond acceptors (Lipinski definition) is 3. The van der Waals surface area contributed by atoms with Crippen molar-refractivity contribution >= 4 is 36.4 Å². The number of rotatable bonds is 7. The molecular formula is C17H26F3IN2O2Si. The molecule has 1 aromatic heterocycles. The third-order valence-corrected chi connectivity index (χ3v) is 6.98. The molecule has 148 valence electrons. The van der Waals surface area contributed by atoms with Crippen LogP contribution in [0.15, 0.2) is 6.20 Å². The van der Waals surface area contributed by atoms with Gasteiger partial charge < -0.3 is 9.30 Å². The summed E-state index contributed by atoms with van der Waals surface area (Å²) in [5.74, 6) is -1.52. The van der Waals surface area contributed by atoms with Gasteiger partial charge in [-0.3, -0.25) is 4.79 Å². The Balaban J connectivity index is 1.95. The SMILES string of the molecule is C[Si](C)(C)CCOCn1cc(I)nc1C(=O)[C@H]1CC[C@H](C(F)(F)F)CC1.